The first kappa shape index (κ1) is 18.0. The molecule has 0 fully saturated rings. The number of carboxylic acid groups (broad SMARTS) is 1. The van der Waals surface area contributed by atoms with Crippen LogP contribution in [0.25, 0.3) is 0 Å². The lowest BCUT2D eigenvalue weighted by Gasteiger charge is -2.25. The molecule has 2 rings (SSSR count). The molecular formula is C18H21NO4S. The van der Waals surface area contributed by atoms with E-state index < -0.39 is 16.0 Å². The Morgan fingerprint density at radius 2 is 1.50 bits per heavy atom. The standard InChI is InChI=1S/C18H21NO4S/c1-13-4-6-17(7-5-13)24(22,23)19(9-8-18(20)21)16-11-14(2)10-15(3)12-16/h4-7,10-12H,8-9H2,1-3H3,(H,20,21). The van der Waals surface area contributed by atoms with Crippen molar-refractivity contribution >= 4 is 21.7 Å². The van der Waals surface area contributed by atoms with Gasteiger partial charge in [0.1, 0.15) is 0 Å². The van der Waals surface area contributed by atoms with E-state index in [2.05, 4.69) is 0 Å². The van der Waals surface area contributed by atoms with Crippen LogP contribution in [0.2, 0.25) is 0 Å². The molecule has 0 unspecified atom stereocenters. The molecule has 6 heteroatoms. The lowest BCUT2D eigenvalue weighted by Crippen LogP contribution is -2.33. The maximum atomic E-state index is 13.0. The molecule has 0 aliphatic rings. The van der Waals surface area contributed by atoms with Gasteiger partial charge in [-0.2, -0.15) is 0 Å². The summed E-state index contributed by atoms with van der Waals surface area (Å²) < 4.78 is 27.2. The summed E-state index contributed by atoms with van der Waals surface area (Å²) in [5, 5.41) is 8.97. The molecule has 0 saturated carbocycles. The Labute approximate surface area is 142 Å². The summed E-state index contributed by atoms with van der Waals surface area (Å²) in [6, 6.07) is 12.0. The third-order valence-electron chi connectivity index (χ3n) is 3.63. The molecule has 0 atom stereocenters. The predicted molar refractivity (Wildman–Crippen MR) is 93.9 cm³/mol. The molecule has 2 aromatic carbocycles. The van der Waals surface area contributed by atoms with Crippen molar-refractivity contribution in [1.29, 1.82) is 0 Å². The van der Waals surface area contributed by atoms with E-state index in [1.807, 2.05) is 26.8 Å². The minimum absolute atomic E-state index is 0.117. The number of hydrogen-bond donors (Lipinski definition) is 1. The van der Waals surface area contributed by atoms with Crippen molar-refractivity contribution in [3.8, 4) is 0 Å². The highest BCUT2D eigenvalue weighted by atomic mass is 32.2. The number of carboxylic acids is 1. The van der Waals surface area contributed by atoms with Crippen molar-refractivity contribution in [3.05, 3.63) is 59.2 Å². The Morgan fingerprint density at radius 1 is 0.958 bits per heavy atom. The topological polar surface area (TPSA) is 74.7 Å². The number of sulfonamides is 1. The maximum Gasteiger partial charge on any atom is 0.305 e. The number of benzene rings is 2. The van der Waals surface area contributed by atoms with Crippen LogP contribution in [0.4, 0.5) is 5.69 Å². The molecule has 0 aromatic heterocycles. The van der Waals surface area contributed by atoms with Crippen LogP contribution in [-0.2, 0) is 14.8 Å². The molecule has 0 amide bonds. The van der Waals surface area contributed by atoms with E-state index in [0.29, 0.717) is 5.69 Å². The molecule has 0 heterocycles. The number of anilines is 1. The summed E-state index contributed by atoms with van der Waals surface area (Å²) >= 11 is 0. The third-order valence-corrected chi connectivity index (χ3v) is 5.47. The minimum atomic E-state index is -3.83. The van der Waals surface area contributed by atoms with Gasteiger partial charge in [0.15, 0.2) is 0 Å². The Morgan fingerprint density at radius 3 is 2.00 bits per heavy atom. The zero-order valence-electron chi connectivity index (χ0n) is 14.0. The minimum Gasteiger partial charge on any atom is -0.481 e. The van der Waals surface area contributed by atoms with Crippen LogP contribution < -0.4 is 4.31 Å². The molecule has 0 aliphatic heterocycles. The van der Waals surface area contributed by atoms with E-state index in [0.717, 1.165) is 16.7 Å². The van der Waals surface area contributed by atoms with Crippen molar-refractivity contribution < 1.29 is 18.3 Å². The summed E-state index contributed by atoms with van der Waals surface area (Å²) in [5.74, 6) is -1.04. The summed E-state index contributed by atoms with van der Waals surface area (Å²) in [4.78, 5) is 11.1. The van der Waals surface area contributed by atoms with E-state index in [9.17, 15) is 13.2 Å². The van der Waals surface area contributed by atoms with Gasteiger partial charge >= 0.3 is 5.97 Å². The molecule has 2 aromatic rings. The van der Waals surface area contributed by atoms with Crippen molar-refractivity contribution in [2.45, 2.75) is 32.1 Å². The van der Waals surface area contributed by atoms with Gasteiger partial charge in [0.2, 0.25) is 0 Å². The largest absolute Gasteiger partial charge is 0.481 e. The first-order valence-electron chi connectivity index (χ1n) is 7.59. The van der Waals surface area contributed by atoms with Gasteiger partial charge < -0.3 is 5.11 Å². The van der Waals surface area contributed by atoms with Crippen molar-refractivity contribution in [2.24, 2.45) is 0 Å². The van der Waals surface area contributed by atoms with Crippen LogP contribution in [0.1, 0.15) is 23.1 Å². The van der Waals surface area contributed by atoms with Crippen LogP contribution in [0.15, 0.2) is 47.4 Å². The van der Waals surface area contributed by atoms with Crippen molar-refractivity contribution in [2.75, 3.05) is 10.8 Å². The smallest absolute Gasteiger partial charge is 0.305 e. The van der Waals surface area contributed by atoms with Gasteiger partial charge in [-0.3, -0.25) is 9.10 Å². The van der Waals surface area contributed by atoms with E-state index in [-0.39, 0.29) is 17.9 Å². The van der Waals surface area contributed by atoms with Crippen molar-refractivity contribution in [3.63, 3.8) is 0 Å². The first-order chi connectivity index (χ1) is 11.2. The SMILES string of the molecule is Cc1ccc(S(=O)(=O)N(CCC(=O)O)c2cc(C)cc(C)c2)cc1. The zero-order valence-corrected chi connectivity index (χ0v) is 14.8. The molecule has 0 saturated heterocycles. The number of nitrogens with zero attached hydrogens (tertiary/aromatic N) is 1. The monoisotopic (exact) mass is 347 g/mol. The molecule has 0 radical (unpaired) electrons. The number of hydrogen-bond acceptors (Lipinski definition) is 3. The highest BCUT2D eigenvalue weighted by Crippen LogP contribution is 2.26. The molecule has 24 heavy (non-hydrogen) atoms. The van der Waals surface area contributed by atoms with Crippen LogP contribution >= 0.6 is 0 Å². The van der Waals surface area contributed by atoms with Gasteiger partial charge in [0, 0.05) is 6.54 Å². The van der Waals surface area contributed by atoms with Crippen LogP contribution in [0.3, 0.4) is 0 Å². The Hall–Kier alpha value is -2.34. The summed E-state index contributed by atoms with van der Waals surface area (Å²) in [6.07, 6.45) is -0.266. The number of aliphatic carboxylic acids is 1. The maximum absolute atomic E-state index is 13.0. The Balaban J connectivity index is 2.52. The Bertz CT molecular complexity index is 822. The third kappa shape index (κ3) is 4.14. The highest BCUT2D eigenvalue weighted by Gasteiger charge is 2.25. The fraction of sp³-hybridized carbons (Fsp3) is 0.278. The molecule has 0 bridgehead atoms. The fourth-order valence-corrected chi connectivity index (χ4v) is 3.97. The van der Waals surface area contributed by atoms with E-state index >= 15 is 0 Å². The normalized spacial score (nSPS) is 11.3. The average molecular weight is 347 g/mol. The fourth-order valence-electron chi connectivity index (χ4n) is 2.52. The number of carbonyl (C=O) groups is 1. The summed E-state index contributed by atoms with van der Waals surface area (Å²) in [5.41, 5.74) is 3.28. The molecular weight excluding hydrogens is 326 g/mol. The lowest BCUT2D eigenvalue weighted by atomic mass is 10.1. The summed E-state index contributed by atoms with van der Waals surface area (Å²) in [6.45, 7) is 5.52. The van der Waals surface area contributed by atoms with Gasteiger partial charge in [0.05, 0.1) is 17.0 Å². The van der Waals surface area contributed by atoms with E-state index in [1.54, 1.807) is 36.4 Å². The van der Waals surface area contributed by atoms with Crippen LogP contribution in [0, 0.1) is 20.8 Å². The first-order valence-corrected chi connectivity index (χ1v) is 9.03. The quantitative estimate of drug-likeness (QED) is 0.870. The van der Waals surface area contributed by atoms with Gasteiger partial charge in [-0.25, -0.2) is 8.42 Å². The molecule has 1 N–H and O–H groups in total. The second kappa shape index (κ2) is 7.05. The highest BCUT2D eigenvalue weighted by molar-refractivity contribution is 7.92. The molecule has 128 valence electrons. The predicted octanol–water partition coefficient (Wildman–Crippen LogP) is 3.28. The number of aryl methyl sites for hydroxylation is 3. The second-order valence-corrected chi connectivity index (χ2v) is 7.74. The molecule has 0 aliphatic carbocycles. The molecule has 5 nitrogen and oxygen atoms in total. The van der Waals surface area contributed by atoms with Crippen LogP contribution in [-0.4, -0.2) is 26.0 Å². The van der Waals surface area contributed by atoms with Crippen LogP contribution in [0.5, 0.6) is 0 Å². The van der Waals surface area contributed by atoms with Gasteiger partial charge in [-0.05, 0) is 56.2 Å². The second-order valence-electron chi connectivity index (χ2n) is 5.88. The van der Waals surface area contributed by atoms with Crippen molar-refractivity contribution in [1.82, 2.24) is 0 Å². The summed E-state index contributed by atoms with van der Waals surface area (Å²) in [7, 11) is -3.83. The van der Waals surface area contributed by atoms with Gasteiger partial charge in [-0.1, -0.05) is 23.8 Å². The van der Waals surface area contributed by atoms with E-state index in [1.165, 1.54) is 4.31 Å². The molecule has 0 spiro atoms. The number of rotatable bonds is 6. The van der Waals surface area contributed by atoms with Gasteiger partial charge in [-0.15, -0.1) is 0 Å². The lowest BCUT2D eigenvalue weighted by molar-refractivity contribution is -0.136. The zero-order chi connectivity index (χ0) is 17.9. The average Bonchev–Trinajstić information content (AvgIpc) is 2.46. The van der Waals surface area contributed by atoms with Gasteiger partial charge in [0.25, 0.3) is 10.0 Å². The Kier molecular flexibility index (Phi) is 5.29. The van der Waals surface area contributed by atoms with E-state index in [4.69, 9.17) is 5.11 Å².